The van der Waals surface area contributed by atoms with Gasteiger partial charge in [0, 0.05) is 29.7 Å². The van der Waals surface area contributed by atoms with Crippen LogP contribution >= 0.6 is 11.8 Å². The molecule has 0 atom stereocenters. The molecule has 22 heavy (non-hydrogen) atoms. The topological polar surface area (TPSA) is 20.3 Å². The fraction of sp³-hybridized carbons (Fsp3) is 0.316. The summed E-state index contributed by atoms with van der Waals surface area (Å²) < 4.78 is 0. The lowest BCUT2D eigenvalue weighted by Gasteiger charge is -2.27. The van der Waals surface area contributed by atoms with Crippen LogP contribution in [-0.4, -0.2) is 22.6 Å². The van der Waals surface area contributed by atoms with E-state index in [-0.39, 0.29) is 11.9 Å². The summed E-state index contributed by atoms with van der Waals surface area (Å²) in [4.78, 5) is 15.7. The molecule has 3 heteroatoms. The van der Waals surface area contributed by atoms with Crippen molar-refractivity contribution in [3.05, 3.63) is 66.2 Å². The molecule has 2 nitrogen and oxygen atoms in total. The number of hydrogen-bond acceptors (Lipinski definition) is 2. The first kappa shape index (κ1) is 16.6. The van der Waals surface area contributed by atoms with E-state index in [0.717, 1.165) is 5.75 Å². The molecule has 116 valence electrons. The highest BCUT2D eigenvalue weighted by Crippen LogP contribution is 2.19. The highest BCUT2D eigenvalue weighted by atomic mass is 32.2. The Morgan fingerprint density at radius 2 is 1.59 bits per heavy atom. The first-order chi connectivity index (χ1) is 10.7. The van der Waals surface area contributed by atoms with E-state index in [4.69, 9.17) is 0 Å². The zero-order valence-corrected chi connectivity index (χ0v) is 14.1. The van der Waals surface area contributed by atoms with Crippen LogP contribution in [0.25, 0.3) is 0 Å². The van der Waals surface area contributed by atoms with Gasteiger partial charge in [-0.25, -0.2) is 0 Å². The van der Waals surface area contributed by atoms with Crippen LogP contribution < -0.4 is 0 Å². The second kappa shape index (κ2) is 8.64. The fourth-order valence-electron chi connectivity index (χ4n) is 2.26. The van der Waals surface area contributed by atoms with Crippen molar-refractivity contribution < 1.29 is 4.79 Å². The quantitative estimate of drug-likeness (QED) is 0.696. The van der Waals surface area contributed by atoms with Crippen molar-refractivity contribution in [1.82, 2.24) is 4.90 Å². The van der Waals surface area contributed by atoms with Gasteiger partial charge in [0.15, 0.2) is 0 Å². The van der Waals surface area contributed by atoms with Crippen LogP contribution in [0.3, 0.4) is 0 Å². The fourth-order valence-corrected chi connectivity index (χ4v) is 3.12. The molecule has 0 saturated heterocycles. The van der Waals surface area contributed by atoms with E-state index in [2.05, 4.69) is 38.1 Å². The van der Waals surface area contributed by atoms with Gasteiger partial charge in [0.05, 0.1) is 0 Å². The number of rotatable bonds is 7. The summed E-state index contributed by atoms with van der Waals surface area (Å²) in [6, 6.07) is 20.6. The van der Waals surface area contributed by atoms with Gasteiger partial charge in [-0.15, -0.1) is 11.8 Å². The van der Waals surface area contributed by atoms with Crippen LogP contribution in [-0.2, 0) is 11.3 Å². The third-order valence-corrected chi connectivity index (χ3v) is 4.48. The number of carbonyl (C=O) groups is 1. The van der Waals surface area contributed by atoms with Crippen molar-refractivity contribution in [3.63, 3.8) is 0 Å². The Kier molecular flexibility index (Phi) is 6.53. The Hall–Kier alpha value is -1.74. The second-order valence-electron chi connectivity index (χ2n) is 5.51. The lowest BCUT2D eigenvalue weighted by Crippen LogP contribution is -2.36. The zero-order chi connectivity index (χ0) is 15.8. The molecule has 2 aromatic rings. The summed E-state index contributed by atoms with van der Waals surface area (Å²) in [5.74, 6) is 1.04. The van der Waals surface area contributed by atoms with Crippen LogP contribution in [0.4, 0.5) is 0 Å². The summed E-state index contributed by atoms with van der Waals surface area (Å²) in [6.07, 6.45) is 0.574. The first-order valence-corrected chi connectivity index (χ1v) is 8.66. The maximum atomic E-state index is 12.5. The van der Waals surface area contributed by atoms with Crippen molar-refractivity contribution in [2.45, 2.75) is 37.8 Å². The van der Waals surface area contributed by atoms with Crippen molar-refractivity contribution in [2.24, 2.45) is 0 Å². The molecule has 2 aromatic carbocycles. The van der Waals surface area contributed by atoms with Gasteiger partial charge in [-0.1, -0.05) is 48.5 Å². The highest BCUT2D eigenvalue weighted by molar-refractivity contribution is 7.99. The lowest BCUT2D eigenvalue weighted by atomic mass is 10.2. The second-order valence-corrected chi connectivity index (χ2v) is 6.68. The predicted molar refractivity (Wildman–Crippen MR) is 93.9 cm³/mol. The molecule has 0 aliphatic heterocycles. The smallest absolute Gasteiger partial charge is 0.223 e. The van der Waals surface area contributed by atoms with Gasteiger partial charge in [-0.3, -0.25) is 4.79 Å². The minimum atomic E-state index is 0.217. The number of nitrogens with zero attached hydrogens (tertiary/aromatic N) is 1. The van der Waals surface area contributed by atoms with Crippen LogP contribution in [0.5, 0.6) is 0 Å². The molecule has 0 saturated carbocycles. The molecule has 0 heterocycles. The van der Waals surface area contributed by atoms with E-state index in [9.17, 15) is 4.79 Å². The zero-order valence-electron chi connectivity index (χ0n) is 13.2. The summed E-state index contributed by atoms with van der Waals surface area (Å²) in [6.45, 7) is 4.84. The van der Waals surface area contributed by atoms with E-state index in [1.807, 2.05) is 41.3 Å². The van der Waals surface area contributed by atoms with Crippen LogP contribution in [0.2, 0.25) is 0 Å². The average Bonchev–Trinajstić information content (AvgIpc) is 2.54. The van der Waals surface area contributed by atoms with Gasteiger partial charge < -0.3 is 4.90 Å². The van der Waals surface area contributed by atoms with E-state index in [0.29, 0.717) is 13.0 Å². The SMILES string of the molecule is CC(C)N(Cc1ccccc1)C(=O)CCSc1ccccc1. The molecule has 0 bridgehead atoms. The van der Waals surface area contributed by atoms with E-state index in [1.165, 1.54) is 10.5 Å². The molecular weight excluding hydrogens is 290 g/mol. The Bertz CT molecular complexity index is 569. The molecule has 0 aliphatic carbocycles. The minimum absolute atomic E-state index is 0.217. The van der Waals surface area contributed by atoms with E-state index in [1.54, 1.807) is 11.8 Å². The third-order valence-electron chi connectivity index (χ3n) is 3.47. The molecule has 1 amide bonds. The van der Waals surface area contributed by atoms with Gasteiger partial charge in [0.2, 0.25) is 5.91 Å². The Balaban J connectivity index is 1.87. The van der Waals surface area contributed by atoms with Gasteiger partial charge in [-0.2, -0.15) is 0 Å². The molecule has 0 N–H and O–H groups in total. The predicted octanol–water partition coefficient (Wildman–Crippen LogP) is 4.61. The Morgan fingerprint density at radius 3 is 2.18 bits per heavy atom. The van der Waals surface area contributed by atoms with Gasteiger partial charge in [0.1, 0.15) is 0 Å². The van der Waals surface area contributed by atoms with E-state index >= 15 is 0 Å². The largest absolute Gasteiger partial charge is 0.336 e. The molecular formula is C19H23NOS. The van der Waals surface area contributed by atoms with Crippen LogP contribution in [0, 0.1) is 0 Å². The van der Waals surface area contributed by atoms with Crippen molar-refractivity contribution >= 4 is 17.7 Å². The summed E-state index contributed by atoms with van der Waals surface area (Å²) >= 11 is 1.74. The number of carbonyl (C=O) groups excluding carboxylic acids is 1. The Morgan fingerprint density at radius 1 is 1.00 bits per heavy atom. The summed E-state index contributed by atoms with van der Waals surface area (Å²) in [7, 11) is 0. The van der Waals surface area contributed by atoms with Crippen LogP contribution in [0.1, 0.15) is 25.8 Å². The van der Waals surface area contributed by atoms with Crippen molar-refractivity contribution in [2.75, 3.05) is 5.75 Å². The van der Waals surface area contributed by atoms with Gasteiger partial charge in [-0.05, 0) is 31.5 Å². The maximum absolute atomic E-state index is 12.5. The van der Waals surface area contributed by atoms with Crippen molar-refractivity contribution in [3.8, 4) is 0 Å². The normalized spacial score (nSPS) is 10.7. The standard InChI is InChI=1S/C19H23NOS/c1-16(2)20(15-17-9-5-3-6-10-17)19(21)13-14-22-18-11-7-4-8-12-18/h3-12,16H,13-15H2,1-2H3. The highest BCUT2D eigenvalue weighted by Gasteiger charge is 2.16. The number of amides is 1. The molecule has 0 spiro atoms. The molecule has 0 radical (unpaired) electrons. The average molecular weight is 313 g/mol. The first-order valence-electron chi connectivity index (χ1n) is 7.68. The molecule has 0 fully saturated rings. The Labute approximate surface area is 137 Å². The molecule has 2 rings (SSSR count). The molecule has 0 unspecified atom stereocenters. The lowest BCUT2D eigenvalue weighted by molar-refractivity contribution is -0.133. The molecule has 0 aliphatic rings. The van der Waals surface area contributed by atoms with E-state index < -0.39 is 0 Å². The van der Waals surface area contributed by atoms with Gasteiger partial charge in [0.25, 0.3) is 0 Å². The molecule has 0 aromatic heterocycles. The maximum Gasteiger partial charge on any atom is 0.223 e. The number of hydrogen-bond donors (Lipinski definition) is 0. The monoisotopic (exact) mass is 313 g/mol. The van der Waals surface area contributed by atoms with Crippen molar-refractivity contribution in [1.29, 1.82) is 0 Å². The van der Waals surface area contributed by atoms with Gasteiger partial charge >= 0.3 is 0 Å². The number of benzene rings is 2. The third kappa shape index (κ3) is 5.23. The number of thioether (sulfide) groups is 1. The summed E-state index contributed by atoms with van der Waals surface area (Å²) in [5, 5.41) is 0. The minimum Gasteiger partial charge on any atom is -0.336 e. The summed E-state index contributed by atoms with van der Waals surface area (Å²) in [5.41, 5.74) is 1.18. The van der Waals surface area contributed by atoms with Crippen LogP contribution in [0.15, 0.2) is 65.6 Å².